The van der Waals surface area contributed by atoms with Crippen LogP contribution in [0.15, 0.2) is 48.5 Å². The number of nitrogens with one attached hydrogen (secondary N) is 2. The van der Waals surface area contributed by atoms with Gasteiger partial charge in [0.15, 0.2) is 5.82 Å². The number of piperazine rings is 1. The van der Waals surface area contributed by atoms with E-state index >= 15 is 0 Å². The third kappa shape index (κ3) is 7.83. The predicted molar refractivity (Wildman–Crippen MR) is 191 cm³/mol. The Kier molecular flexibility index (Phi) is 10.4. The van der Waals surface area contributed by atoms with E-state index in [0.29, 0.717) is 54.4 Å². The number of aliphatic hydroxyl groups is 2. The number of urea groups is 1. The molecule has 0 bridgehead atoms. The fourth-order valence-corrected chi connectivity index (χ4v) is 7.07. The zero-order valence-corrected chi connectivity index (χ0v) is 28.6. The van der Waals surface area contributed by atoms with Crippen molar-refractivity contribution in [3.05, 3.63) is 54.1 Å². The van der Waals surface area contributed by atoms with Gasteiger partial charge in [0, 0.05) is 61.8 Å². The van der Waals surface area contributed by atoms with Gasteiger partial charge in [0.25, 0.3) is 5.91 Å². The van der Waals surface area contributed by atoms with Gasteiger partial charge >= 0.3 is 6.03 Å². The van der Waals surface area contributed by atoms with Crippen molar-refractivity contribution in [3.8, 4) is 11.4 Å². The molecule has 14 nitrogen and oxygen atoms in total. The summed E-state index contributed by atoms with van der Waals surface area (Å²) in [5.41, 5.74) is 2.50. The van der Waals surface area contributed by atoms with Crippen molar-refractivity contribution in [2.24, 2.45) is 5.92 Å². The van der Waals surface area contributed by atoms with Gasteiger partial charge in [-0.2, -0.15) is 15.0 Å². The molecule has 1 aromatic heterocycles. The number of rotatable bonds is 10. The number of hydrogen-bond acceptors (Lipinski definition) is 11. The zero-order valence-electron chi connectivity index (χ0n) is 28.6. The summed E-state index contributed by atoms with van der Waals surface area (Å²) in [6.07, 6.45) is 4.13. The summed E-state index contributed by atoms with van der Waals surface area (Å²) >= 11 is 0. The summed E-state index contributed by atoms with van der Waals surface area (Å²) in [4.78, 5) is 48.8. The number of hydrogen-bond donors (Lipinski definition) is 4. The van der Waals surface area contributed by atoms with Gasteiger partial charge in [0.05, 0.1) is 44.6 Å². The van der Waals surface area contributed by atoms with Gasteiger partial charge < -0.3 is 40.3 Å². The molecule has 3 aromatic rings. The molecule has 1 saturated carbocycles. The van der Waals surface area contributed by atoms with Crippen LogP contribution in [0.3, 0.4) is 0 Å². The lowest BCUT2D eigenvalue weighted by Gasteiger charge is -2.34. The molecule has 3 amide bonds. The smallest absolute Gasteiger partial charge is 0.323 e. The third-order valence-electron chi connectivity index (χ3n) is 10.2. The number of amides is 3. The summed E-state index contributed by atoms with van der Waals surface area (Å²) in [6.45, 7) is 8.15. The summed E-state index contributed by atoms with van der Waals surface area (Å²) in [7, 11) is 0. The highest BCUT2D eigenvalue weighted by atomic mass is 16.5. The molecule has 4 aliphatic rings. The number of aliphatic hydroxyl groups excluding tert-OH is 2. The molecule has 4 heterocycles. The first-order valence-electron chi connectivity index (χ1n) is 17.8. The second-order valence-electron chi connectivity index (χ2n) is 13.8. The van der Waals surface area contributed by atoms with Crippen LogP contribution < -0.4 is 20.4 Å². The highest BCUT2D eigenvalue weighted by Gasteiger charge is 2.36. The van der Waals surface area contributed by atoms with E-state index in [1.807, 2.05) is 21.9 Å². The fourth-order valence-electron chi connectivity index (χ4n) is 7.07. The molecule has 0 radical (unpaired) electrons. The molecule has 0 spiro atoms. The highest BCUT2D eigenvalue weighted by Crippen LogP contribution is 2.32. The average molecular weight is 686 g/mol. The zero-order chi connectivity index (χ0) is 34.6. The molecule has 1 aliphatic carbocycles. The van der Waals surface area contributed by atoms with Crippen molar-refractivity contribution in [2.45, 2.75) is 50.7 Å². The van der Waals surface area contributed by atoms with Crippen molar-refractivity contribution >= 4 is 35.2 Å². The molecule has 7 rings (SSSR count). The van der Waals surface area contributed by atoms with Gasteiger partial charge in [-0.05, 0) is 87.1 Å². The number of benzene rings is 2. The van der Waals surface area contributed by atoms with Crippen LogP contribution in [0.2, 0.25) is 0 Å². The van der Waals surface area contributed by atoms with Crippen molar-refractivity contribution in [1.29, 1.82) is 0 Å². The van der Waals surface area contributed by atoms with Gasteiger partial charge in [0.2, 0.25) is 11.9 Å². The first kappa shape index (κ1) is 34.1. The predicted octanol–water partition coefficient (Wildman–Crippen LogP) is 2.90. The highest BCUT2D eigenvalue weighted by molar-refractivity contribution is 6.00. The molecule has 50 heavy (non-hydrogen) atoms. The molecule has 3 saturated heterocycles. The van der Waals surface area contributed by atoms with Crippen LogP contribution in [0.1, 0.15) is 43.0 Å². The molecule has 4 N–H and O–H groups in total. The Morgan fingerprint density at radius 2 is 1.42 bits per heavy atom. The van der Waals surface area contributed by atoms with Crippen LogP contribution in [0.4, 0.5) is 28.1 Å². The minimum atomic E-state index is -0.409. The van der Waals surface area contributed by atoms with Crippen LogP contribution in [-0.2, 0) is 4.74 Å². The standard InChI is InChI=1S/C36H47N9O5/c1-24-23-50-19-18-44(24)34-39-32(40-35(41-34)45-30(21-46)12-13-31(45)22-47)26-4-8-28(9-5-26)37-36(49)38-29-10-6-27(7-11-29)33(48)43-16-14-42(15-17-43)20-25-2-3-25/h4-11,24-25,30-31,46-47H,2-3,12-23H2,1H3,(H2,37,38,49)/t24?,30-,31+. The third-order valence-corrected chi connectivity index (χ3v) is 10.2. The Morgan fingerprint density at radius 3 is 2.02 bits per heavy atom. The largest absolute Gasteiger partial charge is 0.394 e. The monoisotopic (exact) mass is 685 g/mol. The number of aromatic nitrogens is 3. The molecule has 1 unspecified atom stereocenters. The number of carbonyl (C=O) groups is 2. The van der Waals surface area contributed by atoms with Crippen molar-refractivity contribution < 1.29 is 24.5 Å². The summed E-state index contributed by atoms with van der Waals surface area (Å²) in [5.74, 6) is 2.26. The molecule has 266 valence electrons. The molecular weight excluding hydrogens is 638 g/mol. The fraction of sp³-hybridized carbons (Fsp3) is 0.528. The molecule has 2 aromatic carbocycles. The summed E-state index contributed by atoms with van der Waals surface area (Å²) in [6, 6.07) is 13.5. The van der Waals surface area contributed by atoms with Crippen molar-refractivity contribution in [2.75, 3.05) is 86.1 Å². The van der Waals surface area contributed by atoms with E-state index in [2.05, 4.69) is 27.4 Å². The Balaban J connectivity index is 0.998. The normalized spacial score (nSPS) is 22.9. The topological polar surface area (TPSA) is 160 Å². The van der Waals surface area contributed by atoms with Gasteiger partial charge in [-0.15, -0.1) is 0 Å². The second kappa shape index (κ2) is 15.3. The number of morpholine rings is 1. The Bertz CT molecular complexity index is 1620. The lowest BCUT2D eigenvalue weighted by Crippen LogP contribution is -2.49. The Hall–Kier alpha value is -4.37. The van der Waals surface area contributed by atoms with E-state index in [1.54, 1.807) is 36.4 Å². The van der Waals surface area contributed by atoms with E-state index < -0.39 is 6.03 Å². The van der Waals surface area contributed by atoms with Gasteiger partial charge in [-0.1, -0.05) is 0 Å². The quantitative estimate of drug-likeness (QED) is 0.249. The maximum absolute atomic E-state index is 13.1. The average Bonchev–Trinajstić information content (AvgIpc) is 3.86. The van der Waals surface area contributed by atoms with Crippen LogP contribution in [-0.4, -0.2) is 131 Å². The molecule has 3 aliphatic heterocycles. The van der Waals surface area contributed by atoms with Gasteiger partial charge in [-0.3, -0.25) is 9.69 Å². The van der Waals surface area contributed by atoms with E-state index in [9.17, 15) is 19.8 Å². The first-order chi connectivity index (χ1) is 24.4. The van der Waals surface area contributed by atoms with Gasteiger partial charge in [-0.25, -0.2) is 4.79 Å². The van der Waals surface area contributed by atoms with Crippen molar-refractivity contribution in [3.63, 3.8) is 0 Å². The number of carbonyl (C=O) groups excluding carboxylic acids is 2. The van der Waals surface area contributed by atoms with E-state index in [0.717, 1.165) is 57.0 Å². The van der Waals surface area contributed by atoms with E-state index in [-0.39, 0.29) is 37.2 Å². The van der Waals surface area contributed by atoms with Crippen LogP contribution in [0.25, 0.3) is 11.4 Å². The lowest BCUT2D eigenvalue weighted by atomic mass is 10.1. The first-order valence-corrected chi connectivity index (χ1v) is 17.8. The number of ether oxygens (including phenoxy) is 1. The SMILES string of the molecule is CC1COCCN1c1nc(-c2ccc(NC(=O)Nc3ccc(C(=O)N4CCN(CC5CC5)CC4)cc3)cc2)nc(N2[C@H](CO)CC[C@@H]2CO)n1. The van der Waals surface area contributed by atoms with Gasteiger partial charge in [0.1, 0.15) is 0 Å². The van der Waals surface area contributed by atoms with Crippen LogP contribution in [0, 0.1) is 5.92 Å². The lowest BCUT2D eigenvalue weighted by molar-refractivity contribution is 0.0632. The minimum Gasteiger partial charge on any atom is -0.394 e. The second-order valence-corrected chi connectivity index (χ2v) is 13.8. The maximum Gasteiger partial charge on any atom is 0.323 e. The number of nitrogens with zero attached hydrogens (tertiary/aromatic N) is 7. The molecule has 4 fully saturated rings. The summed E-state index contributed by atoms with van der Waals surface area (Å²) in [5, 5.41) is 25.9. The minimum absolute atomic E-state index is 0.0193. The molecule has 3 atom stereocenters. The van der Waals surface area contributed by atoms with Crippen molar-refractivity contribution in [1.82, 2.24) is 24.8 Å². The molecular formula is C36H47N9O5. The van der Waals surface area contributed by atoms with Crippen LogP contribution >= 0.6 is 0 Å². The van der Waals surface area contributed by atoms with Crippen LogP contribution in [0.5, 0.6) is 0 Å². The number of anilines is 4. The van der Waals surface area contributed by atoms with E-state index in [1.165, 1.54) is 12.8 Å². The Morgan fingerprint density at radius 1 is 0.800 bits per heavy atom. The summed E-state index contributed by atoms with van der Waals surface area (Å²) < 4.78 is 5.63. The maximum atomic E-state index is 13.1. The Labute approximate surface area is 292 Å². The molecule has 14 heteroatoms. The van der Waals surface area contributed by atoms with E-state index in [4.69, 9.17) is 19.7 Å².